The van der Waals surface area contributed by atoms with Gasteiger partial charge in [0.1, 0.15) is 5.76 Å². The molecule has 1 aliphatic carbocycles. The van der Waals surface area contributed by atoms with Crippen molar-refractivity contribution in [3.8, 4) is 11.1 Å². The van der Waals surface area contributed by atoms with E-state index in [1.54, 1.807) is 0 Å². The van der Waals surface area contributed by atoms with Crippen LogP contribution in [0.2, 0.25) is 0 Å². The molecule has 0 amide bonds. The topological polar surface area (TPSA) is 26.0 Å². The predicted molar refractivity (Wildman–Crippen MR) is 49.5 cm³/mol. The van der Waals surface area contributed by atoms with Gasteiger partial charge in [-0.15, -0.1) is 0 Å². The number of rotatable bonds is 0. The highest BCUT2D eigenvalue weighted by Gasteiger charge is 2.24. The van der Waals surface area contributed by atoms with E-state index in [1.165, 1.54) is 16.7 Å². The first kappa shape index (κ1) is 6.89. The number of hydrogen-bond acceptors (Lipinski definition) is 2. The van der Waals surface area contributed by atoms with Gasteiger partial charge < -0.3 is 4.52 Å². The smallest absolute Gasteiger partial charge is 0.149 e. The summed E-state index contributed by atoms with van der Waals surface area (Å²) in [6.45, 7) is 1.99. The quantitative estimate of drug-likeness (QED) is 0.519. The molecule has 0 bridgehead atoms. The number of fused-ring (bicyclic) bond motifs is 3. The van der Waals surface area contributed by atoms with Crippen molar-refractivity contribution >= 4 is 0 Å². The summed E-state index contributed by atoms with van der Waals surface area (Å²) in [6, 6.07) is 8.39. The van der Waals surface area contributed by atoms with E-state index < -0.39 is 0 Å². The van der Waals surface area contributed by atoms with Gasteiger partial charge in [-0.2, -0.15) is 0 Å². The molecule has 1 aromatic carbocycles. The van der Waals surface area contributed by atoms with Crippen LogP contribution in [0.1, 0.15) is 17.0 Å². The SMILES string of the molecule is Cc1noc2c1-c1ccccc1C2. The highest BCUT2D eigenvalue weighted by atomic mass is 16.5. The molecule has 0 saturated heterocycles. The molecule has 0 spiro atoms. The third-order valence-electron chi connectivity index (χ3n) is 2.57. The number of benzene rings is 1. The minimum atomic E-state index is 0.895. The van der Waals surface area contributed by atoms with Crippen molar-refractivity contribution in [1.82, 2.24) is 5.16 Å². The fourth-order valence-corrected chi connectivity index (χ4v) is 1.97. The van der Waals surface area contributed by atoms with E-state index in [9.17, 15) is 0 Å². The van der Waals surface area contributed by atoms with E-state index in [0.717, 1.165) is 17.9 Å². The summed E-state index contributed by atoms with van der Waals surface area (Å²) in [7, 11) is 0. The van der Waals surface area contributed by atoms with E-state index in [1.807, 2.05) is 6.92 Å². The average Bonchev–Trinajstić information content (AvgIpc) is 2.66. The van der Waals surface area contributed by atoms with E-state index in [0.29, 0.717) is 0 Å². The van der Waals surface area contributed by atoms with Gasteiger partial charge >= 0.3 is 0 Å². The molecule has 0 unspecified atom stereocenters. The van der Waals surface area contributed by atoms with Crippen LogP contribution in [-0.2, 0) is 6.42 Å². The molecule has 2 nitrogen and oxygen atoms in total. The van der Waals surface area contributed by atoms with Crippen LogP contribution in [-0.4, -0.2) is 5.16 Å². The molecule has 2 aromatic rings. The molecule has 0 aliphatic heterocycles. The Kier molecular flexibility index (Phi) is 1.18. The summed E-state index contributed by atoms with van der Waals surface area (Å²) in [4.78, 5) is 0. The van der Waals surface area contributed by atoms with Crippen LogP contribution < -0.4 is 0 Å². The first-order valence-electron chi connectivity index (χ1n) is 4.39. The van der Waals surface area contributed by atoms with Crippen molar-refractivity contribution in [2.24, 2.45) is 0 Å². The highest BCUT2D eigenvalue weighted by Crippen LogP contribution is 2.38. The maximum absolute atomic E-state index is 5.24. The zero-order valence-corrected chi connectivity index (χ0v) is 7.37. The Morgan fingerprint density at radius 3 is 3.08 bits per heavy atom. The molecule has 2 heteroatoms. The maximum atomic E-state index is 5.24. The van der Waals surface area contributed by atoms with E-state index in [-0.39, 0.29) is 0 Å². The van der Waals surface area contributed by atoms with Crippen molar-refractivity contribution < 1.29 is 4.52 Å². The largest absolute Gasteiger partial charge is 0.360 e. The average molecular weight is 171 g/mol. The Bertz CT molecular complexity index is 471. The third kappa shape index (κ3) is 0.800. The van der Waals surface area contributed by atoms with Crippen molar-refractivity contribution in [2.75, 3.05) is 0 Å². The molecule has 1 aliphatic rings. The monoisotopic (exact) mass is 171 g/mol. The number of aryl methyl sites for hydroxylation is 1. The minimum absolute atomic E-state index is 0.895. The molecule has 64 valence electrons. The van der Waals surface area contributed by atoms with Crippen LogP contribution >= 0.6 is 0 Å². The number of hydrogen-bond donors (Lipinski definition) is 0. The van der Waals surface area contributed by atoms with Gasteiger partial charge in [-0.05, 0) is 18.1 Å². The van der Waals surface area contributed by atoms with Crippen LogP contribution in [0.3, 0.4) is 0 Å². The van der Waals surface area contributed by atoms with Gasteiger partial charge in [-0.1, -0.05) is 29.4 Å². The maximum Gasteiger partial charge on any atom is 0.149 e. The Balaban J connectivity index is 2.35. The molecule has 0 saturated carbocycles. The summed E-state index contributed by atoms with van der Waals surface area (Å²) < 4.78 is 5.24. The summed E-state index contributed by atoms with van der Waals surface area (Å²) in [5.41, 5.74) is 4.84. The predicted octanol–water partition coefficient (Wildman–Crippen LogP) is 2.55. The minimum Gasteiger partial charge on any atom is -0.360 e. The van der Waals surface area contributed by atoms with Crippen molar-refractivity contribution in [1.29, 1.82) is 0 Å². The van der Waals surface area contributed by atoms with Crippen molar-refractivity contribution in [3.05, 3.63) is 41.3 Å². The lowest BCUT2D eigenvalue weighted by molar-refractivity contribution is 0.387. The van der Waals surface area contributed by atoms with Crippen LogP contribution in [0.5, 0.6) is 0 Å². The fraction of sp³-hybridized carbons (Fsp3) is 0.182. The second-order valence-electron chi connectivity index (χ2n) is 3.40. The summed E-state index contributed by atoms with van der Waals surface area (Å²) in [5.74, 6) is 1.01. The van der Waals surface area contributed by atoms with Gasteiger partial charge in [0, 0.05) is 12.0 Å². The van der Waals surface area contributed by atoms with Crippen LogP contribution in [0.4, 0.5) is 0 Å². The summed E-state index contributed by atoms with van der Waals surface area (Å²) >= 11 is 0. The number of aromatic nitrogens is 1. The molecule has 13 heavy (non-hydrogen) atoms. The van der Waals surface area contributed by atoms with Crippen LogP contribution in [0.15, 0.2) is 28.8 Å². The Morgan fingerprint density at radius 1 is 1.31 bits per heavy atom. The van der Waals surface area contributed by atoms with E-state index in [4.69, 9.17) is 4.52 Å². The molecule has 3 rings (SSSR count). The third-order valence-corrected chi connectivity index (χ3v) is 2.57. The van der Waals surface area contributed by atoms with Crippen LogP contribution in [0, 0.1) is 6.92 Å². The normalized spacial score (nSPS) is 12.7. The van der Waals surface area contributed by atoms with Gasteiger partial charge in [0.2, 0.25) is 0 Å². The van der Waals surface area contributed by atoms with E-state index in [2.05, 4.69) is 29.4 Å². The fourth-order valence-electron chi connectivity index (χ4n) is 1.97. The van der Waals surface area contributed by atoms with Crippen LogP contribution in [0.25, 0.3) is 11.1 Å². The standard InChI is InChI=1S/C11H9NO/c1-7-11-9-5-3-2-4-8(9)6-10(11)13-12-7/h2-5H,6H2,1H3. The summed E-state index contributed by atoms with van der Waals surface area (Å²) in [5, 5.41) is 3.96. The lowest BCUT2D eigenvalue weighted by Crippen LogP contribution is -1.80. The Hall–Kier alpha value is -1.57. The van der Waals surface area contributed by atoms with Gasteiger partial charge in [0.05, 0.1) is 5.69 Å². The molecule has 0 atom stereocenters. The zero-order chi connectivity index (χ0) is 8.84. The zero-order valence-electron chi connectivity index (χ0n) is 7.37. The molecule has 0 N–H and O–H groups in total. The van der Waals surface area contributed by atoms with Crippen molar-refractivity contribution in [3.63, 3.8) is 0 Å². The summed E-state index contributed by atoms with van der Waals surface area (Å²) in [6.07, 6.45) is 0.895. The highest BCUT2D eigenvalue weighted by molar-refractivity contribution is 5.76. The molecule has 1 heterocycles. The first-order chi connectivity index (χ1) is 6.36. The lowest BCUT2D eigenvalue weighted by Gasteiger charge is -1.96. The van der Waals surface area contributed by atoms with Gasteiger partial charge in [-0.3, -0.25) is 0 Å². The van der Waals surface area contributed by atoms with Crippen molar-refractivity contribution in [2.45, 2.75) is 13.3 Å². The second-order valence-corrected chi connectivity index (χ2v) is 3.40. The Labute approximate surface area is 76.2 Å². The first-order valence-corrected chi connectivity index (χ1v) is 4.39. The molecular weight excluding hydrogens is 162 g/mol. The second kappa shape index (κ2) is 2.22. The van der Waals surface area contributed by atoms with Gasteiger partial charge in [-0.25, -0.2) is 0 Å². The van der Waals surface area contributed by atoms with Gasteiger partial charge in [0.15, 0.2) is 0 Å². The molecule has 1 aromatic heterocycles. The molecule has 0 fully saturated rings. The molecular formula is C11H9NO. The lowest BCUT2D eigenvalue weighted by atomic mass is 10.1. The Morgan fingerprint density at radius 2 is 2.15 bits per heavy atom. The van der Waals surface area contributed by atoms with E-state index >= 15 is 0 Å². The molecule has 0 radical (unpaired) electrons. The number of nitrogens with zero attached hydrogens (tertiary/aromatic N) is 1. The van der Waals surface area contributed by atoms with Gasteiger partial charge in [0.25, 0.3) is 0 Å².